The number of hydrogen-bond donors (Lipinski definition) is 5. The van der Waals surface area contributed by atoms with E-state index in [2.05, 4.69) is 21.3 Å². The van der Waals surface area contributed by atoms with Crippen molar-refractivity contribution in [3.05, 3.63) is 102 Å². The van der Waals surface area contributed by atoms with E-state index in [0.29, 0.717) is 36.1 Å². The lowest BCUT2D eigenvalue weighted by Crippen LogP contribution is -2.59. The van der Waals surface area contributed by atoms with Crippen molar-refractivity contribution in [1.29, 1.82) is 0 Å². The van der Waals surface area contributed by atoms with E-state index < -0.39 is 132 Å². The molecular weight excluding hydrogens is 1070 g/mol. The Bertz CT molecular complexity index is 2630. The summed E-state index contributed by atoms with van der Waals surface area (Å²) in [5.74, 6) is -7.04. The molecule has 6 amide bonds. The molecule has 1 fully saturated rings. The molecule has 0 bridgehead atoms. The number of likely N-dealkylation sites (N-methyl/N-ethyl adjacent to an activating group) is 1. The van der Waals surface area contributed by atoms with Gasteiger partial charge in [-0.25, -0.2) is 19.2 Å². The topological polar surface area (TPSA) is 275 Å². The Balaban J connectivity index is 1.50. The Morgan fingerprint density at radius 3 is 1.87 bits per heavy atom. The fourth-order valence-corrected chi connectivity index (χ4v) is 9.40. The molecule has 5 N–H and O–H groups in total. The summed E-state index contributed by atoms with van der Waals surface area (Å²) < 4.78 is 27.9. The zero-order valence-corrected chi connectivity index (χ0v) is 50.4. The van der Waals surface area contributed by atoms with Crippen LogP contribution >= 0.6 is 0 Å². The molecule has 0 aromatic heterocycles. The lowest BCUT2D eigenvalue weighted by atomic mass is 9.89. The number of aliphatic hydroxyl groups excluding tert-OH is 1. The third kappa shape index (κ3) is 21.3. The molecule has 21 heteroatoms. The monoisotopic (exact) mass is 1160 g/mol. The fraction of sp³-hybridized carbons (Fsp3) is 0.565. The number of Topliss-reactive ketones (excluding diaryl/α,β-unsaturated/α-hetero) is 1. The largest absolute Gasteiger partial charge is 0.497 e. The first-order chi connectivity index (χ1) is 39.1. The number of ether oxygens (including phenoxy) is 5. The van der Waals surface area contributed by atoms with Crippen molar-refractivity contribution in [2.45, 2.75) is 182 Å². The van der Waals surface area contributed by atoms with Crippen LogP contribution < -0.4 is 26.0 Å². The van der Waals surface area contributed by atoms with Crippen molar-refractivity contribution < 1.29 is 71.9 Å². The lowest BCUT2D eigenvalue weighted by Gasteiger charge is -2.33. The van der Waals surface area contributed by atoms with Crippen LogP contribution in [0, 0.1) is 23.7 Å². The second-order valence-corrected chi connectivity index (χ2v) is 23.1. The molecule has 4 rings (SSSR count). The first-order valence-corrected chi connectivity index (χ1v) is 28.5. The highest BCUT2D eigenvalue weighted by molar-refractivity contribution is 6.05. The lowest BCUT2D eigenvalue weighted by molar-refractivity contribution is -0.156. The van der Waals surface area contributed by atoms with E-state index in [9.17, 15) is 48.3 Å². The van der Waals surface area contributed by atoms with E-state index in [0.717, 1.165) is 10.5 Å². The minimum atomic E-state index is -1.66. The van der Waals surface area contributed by atoms with E-state index >= 15 is 0 Å². The normalized spacial score (nSPS) is 16.5. The highest BCUT2D eigenvalue weighted by atomic mass is 16.6. The Morgan fingerprint density at radius 2 is 1.33 bits per heavy atom. The van der Waals surface area contributed by atoms with Gasteiger partial charge in [0.1, 0.15) is 54.8 Å². The standard InChI is InChI=1S/C62H88N6O15/c1-14-39(6)52(49(69)34-50(70)64-51(38(4)5)54(71)40(7)55(72)63-46(32-37(2)3)57(74)68-31-21-26-47(68)58(75)80-35-43-22-17-15-18-23-43)65-56(73)53(66-60(77)83-62(9,10)11)41(8)82-59(76)48(33-42-27-29-45(79-13)30-28-42)67(12)61(78)81-36-44-24-19-16-20-25-44/h15-20,22-25,27-30,37-41,46-49,51-53,69H,14,21,26,31-36H2,1-13H3,(H,63,72)(H,64,70)(H,65,73)(H,66,77)/t39-,40?,41+,46-,47-,48-,49-,51-,52+,53-/m0/s1. The number of hydrogen-bond acceptors (Lipinski definition) is 15. The van der Waals surface area contributed by atoms with Gasteiger partial charge >= 0.3 is 24.1 Å². The average Bonchev–Trinajstić information content (AvgIpc) is 4.23. The van der Waals surface area contributed by atoms with Gasteiger partial charge in [-0.1, -0.05) is 121 Å². The van der Waals surface area contributed by atoms with Crippen LogP contribution in [0.4, 0.5) is 9.59 Å². The summed E-state index contributed by atoms with van der Waals surface area (Å²) in [4.78, 5) is 128. The number of likely N-dealkylation sites (tertiary alicyclic amines) is 1. The highest BCUT2D eigenvalue weighted by Gasteiger charge is 2.42. The smallest absolute Gasteiger partial charge is 0.410 e. The molecule has 0 radical (unpaired) electrons. The van der Waals surface area contributed by atoms with Crippen molar-refractivity contribution in [2.24, 2.45) is 23.7 Å². The van der Waals surface area contributed by atoms with Gasteiger partial charge in [0.15, 0.2) is 5.78 Å². The van der Waals surface area contributed by atoms with E-state index in [1.807, 2.05) is 50.2 Å². The summed E-state index contributed by atoms with van der Waals surface area (Å²) in [7, 11) is 2.88. The molecule has 3 aromatic rings. The molecule has 1 saturated heterocycles. The number of methoxy groups -OCH3 is 1. The summed E-state index contributed by atoms with van der Waals surface area (Å²) in [6, 6.07) is 17.6. The summed E-state index contributed by atoms with van der Waals surface area (Å²) in [6.07, 6.45) is -4.07. The first-order valence-electron chi connectivity index (χ1n) is 28.5. The number of esters is 2. The molecule has 0 saturated carbocycles. The van der Waals surface area contributed by atoms with Crippen molar-refractivity contribution in [1.82, 2.24) is 31.1 Å². The molecule has 3 aromatic carbocycles. The van der Waals surface area contributed by atoms with Gasteiger partial charge in [-0.3, -0.25) is 28.9 Å². The first kappa shape index (κ1) is 68.0. The van der Waals surface area contributed by atoms with Gasteiger partial charge in [0.2, 0.25) is 23.6 Å². The fourth-order valence-electron chi connectivity index (χ4n) is 9.40. The van der Waals surface area contributed by atoms with Crippen molar-refractivity contribution in [3.63, 3.8) is 0 Å². The molecule has 10 atom stereocenters. The van der Waals surface area contributed by atoms with Crippen LogP contribution in [0.5, 0.6) is 5.75 Å². The maximum Gasteiger partial charge on any atom is 0.410 e. The van der Waals surface area contributed by atoms with Gasteiger partial charge in [0, 0.05) is 20.0 Å². The molecule has 0 aliphatic carbocycles. The van der Waals surface area contributed by atoms with Crippen LogP contribution in [0.1, 0.15) is 125 Å². The Morgan fingerprint density at radius 1 is 0.735 bits per heavy atom. The molecule has 83 heavy (non-hydrogen) atoms. The molecule has 456 valence electrons. The summed E-state index contributed by atoms with van der Waals surface area (Å²) in [5, 5.41) is 22.5. The Kier molecular flexibility index (Phi) is 26.5. The minimum Gasteiger partial charge on any atom is -0.497 e. The van der Waals surface area contributed by atoms with Gasteiger partial charge in [0.05, 0.1) is 37.6 Å². The maximum absolute atomic E-state index is 14.5. The number of nitrogens with zero attached hydrogens (tertiary/aromatic N) is 2. The predicted molar refractivity (Wildman–Crippen MR) is 309 cm³/mol. The number of carbonyl (C=O) groups excluding carboxylic acids is 9. The van der Waals surface area contributed by atoms with Gasteiger partial charge in [0.25, 0.3) is 0 Å². The van der Waals surface area contributed by atoms with Crippen LogP contribution in [0.25, 0.3) is 0 Å². The van der Waals surface area contributed by atoms with E-state index in [1.165, 1.54) is 32.9 Å². The van der Waals surface area contributed by atoms with Gasteiger partial charge < -0.3 is 55.0 Å². The van der Waals surface area contributed by atoms with Crippen LogP contribution in [0.3, 0.4) is 0 Å². The highest BCUT2D eigenvalue weighted by Crippen LogP contribution is 2.24. The number of ketones is 1. The summed E-state index contributed by atoms with van der Waals surface area (Å²) in [6.45, 7) is 18.4. The molecule has 1 aliphatic rings. The number of nitrogens with one attached hydrogen (secondary N) is 4. The average molecular weight is 1160 g/mol. The molecule has 1 aliphatic heterocycles. The number of aliphatic hydroxyl groups is 1. The van der Waals surface area contributed by atoms with Crippen molar-refractivity contribution >= 4 is 53.5 Å². The number of alkyl carbamates (subject to hydrolysis) is 1. The van der Waals surface area contributed by atoms with Gasteiger partial charge in [-0.05, 0) is 100 Å². The van der Waals surface area contributed by atoms with Crippen LogP contribution in [0.2, 0.25) is 0 Å². The Hall–Kier alpha value is -7.55. The van der Waals surface area contributed by atoms with Crippen LogP contribution in [-0.2, 0) is 72.1 Å². The SMILES string of the molecule is CC[C@H](C)[C@@H](NC(=O)[C@@H](NC(=O)OC(C)(C)C)[C@@H](C)OC(=O)[C@H](Cc1ccc(OC)cc1)N(C)C(=O)OCc1ccccc1)[C@@H](O)CC(=O)N[C@H](C(=O)C(C)C(=O)N[C@@H](CC(C)C)C(=O)N1CCC[C@H]1C(=O)OCc1ccccc1)C(C)C. The molecule has 1 heterocycles. The zero-order valence-electron chi connectivity index (χ0n) is 50.4. The minimum absolute atomic E-state index is 0.0354. The third-order valence-electron chi connectivity index (χ3n) is 14.4. The summed E-state index contributed by atoms with van der Waals surface area (Å²) in [5.41, 5.74) is 1.10. The third-order valence-corrected chi connectivity index (χ3v) is 14.4. The van der Waals surface area contributed by atoms with Crippen molar-refractivity contribution in [3.8, 4) is 5.75 Å². The molecule has 0 spiro atoms. The van der Waals surface area contributed by atoms with E-state index in [1.54, 1.807) is 97.0 Å². The number of rotatable bonds is 29. The quantitative estimate of drug-likeness (QED) is 0.0279. The van der Waals surface area contributed by atoms with E-state index in [-0.39, 0.29) is 38.5 Å². The zero-order chi connectivity index (χ0) is 61.7. The Labute approximate surface area is 488 Å². The second kappa shape index (κ2) is 32.3. The molecule has 1 unspecified atom stereocenters. The van der Waals surface area contributed by atoms with Crippen LogP contribution in [-0.4, -0.2) is 143 Å². The number of carbonyl (C=O) groups is 9. The van der Waals surface area contributed by atoms with Gasteiger partial charge in [-0.2, -0.15) is 0 Å². The number of amides is 6. The number of benzene rings is 3. The van der Waals surface area contributed by atoms with Crippen molar-refractivity contribution in [2.75, 3.05) is 20.7 Å². The predicted octanol–water partition coefficient (Wildman–Crippen LogP) is 6.59. The van der Waals surface area contributed by atoms with Crippen LogP contribution in [0.15, 0.2) is 84.9 Å². The maximum atomic E-state index is 14.5. The molecular formula is C62H88N6O15. The van der Waals surface area contributed by atoms with Gasteiger partial charge in [-0.15, -0.1) is 0 Å². The summed E-state index contributed by atoms with van der Waals surface area (Å²) >= 11 is 0. The van der Waals surface area contributed by atoms with E-state index in [4.69, 9.17) is 23.7 Å². The molecule has 21 nitrogen and oxygen atoms in total. The second-order valence-electron chi connectivity index (χ2n) is 23.1.